The van der Waals surface area contributed by atoms with Crippen molar-refractivity contribution >= 4 is 28.3 Å². The molecule has 1 unspecified atom stereocenters. The zero-order chi connectivity index (χ0) is 11.5. The van der Waals surface area contributed by atoms with E-state index in [1.807, 2.05) is 22.6 Å². The van der Waals surface area contributed by atoms with Crippen molar-refractivity contribution in [3.05, 3.63) is 27.8 Å². The number of halogens is 4. The maximum atomic E-state index is 12.0. The minimum atomic E-state index is -4.58. The molecule has 84 valence electrons. The van der Waals surface area contributed by atoms with Gasteiger partial charge >= 0.3 is 6.18 Å². The maximum absolute atomic E-state index is 12.0. The summed E-state index contributed by atoms with van der Waals surface area (Å²) in [5, 5.41) is 11.3. The van der Waals surface area contributed by atoms with Gasteiger partial charge in [0.1, 0.15) is 0 Å². The Kier molecular flexibility index (Phi) is 4.21. The van der Waals surface area contributed by atoms with Crippen molar-refractivity contribution in [2.75, 3.05) is 11.9 Å². The van der Waals surface area contributed by atoms with Crippen LogP contribution in [0.2, 0.25) is 0 Å². The minimum Gasteiger partial charge on any atom is -0.382 e. The van der Waals surface area contributed by atoms with E-state index in [4.69, 9.17) is 5.11 Å². The number of nitrogens with one attached hydrogen (secondary N) is 1. The third-order valence-corrected chi connectivity index (χ3v) is 2.68. The first-order valence-electron chi connectivity index (χ1n) is 4.14. The Balaban J connectivity index is 2.55. The maximum Gasteiger partial charge on any atom is 0.416 e. The molecule has 0 spiro atoms. The number of rotatable bonds is 3. The van der Waals surface area contributed by atoms with Crippen molar-refractivity contribution in [3.63, 3.8) is 0 Å². The molecule has 0 saturated carbocycles. The highest BCUT2D eigenvalue weighted by molar-refractivity contribution is 14.1. The summed E-state index contributed by atoms with van der Waals surface area (Å²) < 4.78 is 36.7. The highest BCUT2D eigenvalue weighted by Crippen LogP contribution is 2.22. The zero-order valence-electron chi connectivity index (χ0n) is 7.55. The summed E-state index contributed by atoms with van der Waals surface area (Å²) in [6, 6.07) is 6.92. The van der Waals surface area contributed by atoms with Crippen molar-refractivity contribution in [1.29, 1.82) is 0 Å². The van der Waals surface area contributed by atoms with Gasteiger partial charge < -0.3 is 10.4 Å². The molecule has 0 aliphatic heterocycles. The van der Waals surface area contributed by atoms with E-state index in [2.05, 4.69) is 5.32 Å². The van der Waals surface area contributed by atoms with Crippen LogP contribution in [0, 0.1) is 3.57 Å². The Labute approximate surface area is 98.6 Å². The van der Waals surface area contributed by atoms with E-state index in [1.54, 1.807) is 24.3 Å². The average Bonchev–Trinajstić information content (AvgIpc) is 2.14. The topological polar surface area (TPSA) is 32.3 Å². The fourth-order valence-electron chi connectivity index (χ4n) is 0.927. The van der Waals surface area contributed by atoms with Crippen LogP contribution < -0.4 is 5.32 Å². The number of hydrogen-bond donors (Lipinski definition) is 2. The predicted octanol–water partition coefficient (Wildman–Crippen LogP) is 2.63. The summed E-state index contributed by atoms with van der Waals surface area (Å²) >= 11 is 2.00. The molecule has 0 aliphatic carbocycles. The second kappa shape index (κ2) is 5.02. The normalized spacial score (nSPS) is 13.7. The van der Waals surface area contributed by atoms with Crippen molar-refractivity contribution < 1.29 is 18.3 Å². The van der Waals surface area contributed by atoms with Crippen molar-refractivity contribution in [2.45, 2.75) is 12.3 Å². The van der Waals surface area contributed by atoms with E-state index in [-0.39, 0.29) is 0 Å². The van der Waals surface area contributed by atoms with Crippen LogP contribution in [0.3, 0.4) is 0 Å². The van der Waals surface area contributed by atoms with Gasteiger partial charge in [-0.2, -0.15) is 13.2 Å². The van der Waals surface area contributed by atoms with E-state index in [9.17, 15) is 13.2 Å². The number of aliphatic hydroxyl groups is 1. The third kappa shape index (κ3) is 3.86. The van der Waals surface area contributed by atoms with Crippen LogP contribution in [0.25, 0.3) is 0 Å². The highest BCUT2D eigenvalue weighted by atomic mass is 127. The largest absolute Gasteiger partial charge is 0.416 e. The third-order valence-electron chi connectivity index (χ3n) is 1.74. The number of aliphatic hydroxyl groups excluding tert-OH is 1. The SMILES string of the molecule is OC(CNc1ccccc1I)C(F)(F)F. The smallest absolute Gasteiger partial charge is 0.382 e. The van der Waals surface area contributed by atoms with Gasteiger partial charge in [-0.15, -0.1) is 0 Å². The Morgan fingerprint density at radius 3 is 2.47 bits per heavy atom. The Bertz CT molecular complexity index is 329. The number of alkyl halides is 3. The molecule has 0 heterocycles. The molecule has 0 amide bonds. The molecular weight excluding hydrogens is 322 g/mol. The second-order valence-corrected chi connectivity index (χ2v) is 4.08. The van der Waals surface area contributed by atoms with Crippen LogP contribution in [-0.2, 0) is 0 Å². The predicted molar refractivity (Wildman–Crippen MR) is 59.7 cm³/mol. The number of anilines is 1. The molecule has 1 rings (SSSR count). The first-order chi connectivity index (χ1) is 6.91. The first-order valence-corrected chi connectivity index (χ1v) is 5.22. The number of hydrogen-bond acceptors (Lipinski definition) is 2. The number of para-hydroxylation sites is 1. The lowest BCUT2D eigenvalue weighted by molar-refractivity contribution is -0.198. The van der Waals surface area contributed by atoms with E-state index in [0.717, 1.165) is 3.57 Å². The fourth-order valence-corrected chi connectivity index (χ4v) is 1.51. The zero-order valence-corrected chi connectivity index (χ0v) is 9.71. The van der Waals surface area contributed by atoms with Gasteiger partial charge in [-0.3, -0.25) is 0 Å². The van der Waals surface area contributed by atoms with Crippen LogP contribution >= 0.6 is 22.6 Å². The summed E-state index contributed by atoms with van der Waals surface area (Å²) in [5.41, 5.74) is 0.585. The molecule has 0 radical (unpaired) electrons. The average molecular weight is 331 g/mol. The lowest BCUT2D eigenvalue weighted by atomic mass is 10.3. The lowest BCUT2D eigenvalue weighted by Crippen LogP contribution is -2.35. The molecule has 6 heteroatoms. The van der Waals surface area contributed by atoms with Crippen LogP contribution in [0.5, 0.6) is 0 Å². The van der Waals surface area contributed by atoms with E-state index >= 15 is 0 Å². The molecule has 1 atom stereocenters. The van der Waals surface area contributed by atoms with Gasteiger partial charge in [0.15, 0.2) is 6.10 Å². The molecule has 15 heavy (non-hydrogen) atoms. The molecular formula is C9H9F3INO. The fraction of sp³-hybridized carbons (Fsp3) is 0.333. The molecule has 0 bridgehead atoms. The Morgan fingerprint density at radius 1 is 1.33 bits per heavy atom. The van der Waals surface area contributed by atoms with Gasteiger partial charge in [-0.1, -0.05) is 12.1 Å². The Morgan fingerprint density at radius 2 is 1.93 bits per heavy atom. The van der Waals surface area contributed by atoms with Crippen LogP contribution in [0.15, 0.2) is 24.3 Å². The molecule has 1 aromatic carbocycles. The molecule has 0 saturated heterocycles. The quantitative estimate of drug-likeness (QED) is 0.835. The van der Waals surface area contributed by atoms with Gasteiger partial charge in [-0.05, 0) is 34.7 Å². The van der Waals surface area contributed by atoms with E-state index in [1.165, 1.54) is 0 Å². The van der Waals surface area contributed by atoms with Gasteiger partial charge in [0.05, 0.1) is 0 Å². The van der Waals surface area contributed by atoms with Crippen LogP contribution in [0.1, 0.15) is 0 Å². The first kappa shape index (κ1) is 12.6. The molecule has 0 fully saturated rings. The molecule has 0 aliphatic rings. The van der Waals surface area contributed by atoms with Crippen LogP contribution in [-0.4, -0.2) is 23.9 Å². The van der Waals surface area contributed by atoms with Crippen molar-refractivity contribution in [3.8, 4) is 0 Å². The van der Waals surface area contributed by atoms with E-state index in [0.29, 0.717) is 5.69 Å². The van der Waals surface area contributed by atoms with Crippen LogP contribution in [0.4, 0.5) is 18.9 Å². The summed E-state index contributed by atoms with van der Waals surface area (Å²) in [5.74, 6) is 0. The highest BCUT2D eigenvalue weighted by Gasteiger charge is 2.37. The number of benzene rings is 1. The summed E-state index contributed by atoms with van der Waals surface area (Å²) in [7, 11) is 0. The minimum absolute atomic E-state index is 0.538. The van der Waals surface area contributed by atoms with Gasteiger partial charge in [-0.25, -0.2) is 0 Å². The summed E-state index contributed by atoms with van der Waals surface area (Å²) in [6.45, 7) is -0.538. The monoisotopic (exact) mass is 331 g/mol. The van der Waals surface area contributed by atoms with Gasteiger partial charge in [0, 0.05) is 15.8 Å². The van der Waals surface area contributed by atoms with Gasteiger partial charge in [0.2, 0.25) is 0 Å². The van der Waals surface area contributed by atoms with Crippen molar-refractivity contribution in [1.82, 2.24) is 0 Å². The Hall–Kier alpha value is -0.500. The molecule has 2 N–H and O–H groups in total. The van der Waals surface area contributed by atoms with Crippen molar-refractivity contribution in [2.24, 2.45) is 0 Å². The summed E-state index contributed by atoms with van der Waals surface area (Å²) in [4.78, 5) is 0. The lowest BCUT2D eigenvalue weighted by Gasteiger charge is -2.16. The van der Waals surface area contributed by atoms with E-state index < -0.39 is 18.8 Å². The molecule has 0 aromatic heterocycles. The molecule has 2 nitrogen and oxygen atoms in total. The summed E-state index contributed by atoms with van der Waals surface area (Å²) in [6.07, 6.45) is -6.92. The second-order valence-electron chi connectivity index (χ2n) is 2.92. The molecule has 1 aromatic rings. The van der Waals surface area contributed by atoms with Gasteiger partial charge in [0.25, 0.3) is 0 Å². The standard InChI is InChI=1S/C9H9F3INO/c10-9(11,12)8(15)5-14-7-4-2-1-3-6(7)13/h1-4,8,14-15H,5H2.